The van der Waals surface area contributed by atoms with Gasteiger partial charge in [-0.3, -0.25) is 4.90 Å². The quantitative estimate of drug-likeness (QED) is 0.761. The largest absolute Gasteiger partial charge is 0.392 e. The van der Waals surface area contributed by atoms with E-state index in [9.17, 15) is 5.11 Å². The Morgan fingerprint density at radius 3 is 2.56 bits per heavy atom. The molecular weight excluding hydrogens is 224 g/mol. The van der Waals surface area contributed by atoms with Crippen molar-refractivity contribution in [2.45, 2.75) is 70.6 Å². The van der Waals surface area contributed by atoms with E-state index in [1.807, 2.05) is 0 Å². The van der Waals surface area contributed by atoms with Crippen LogP contribution in [0.3, 0.4) is 0 Å². The second-order valence-electron chi connectivity index (χ2n) is 6.61. The van der Waals surface area contributed by atoms with E-state index < -0.39 is 0 Å². The first-order chi connectivity index (χ1) is 8.65. The summed E-state index contributed by atoms with van der Waals surface area (Å²) in [5.41, 5.74) is 0. The Balaban J connectivity index is 1.82. The van der Waals surface area contributed by atoms with Crippen molar-refractivity contribution in [3.05, 3.63) is 0 Å². The summed E-state index contributed by atoms with van der Waals surface area (Å²) in [4.78, 5) is 2.70. The second-order valence-corrected chi connectivity index (χ2v) is 6.61. The monoisotopic (exact) mass is 254 g/mol. The molecule has 0 aromatic carbocycles. The molecule has 1 aliphatic heterocycles. The predicted molar refractivity (Wildman–Crippen MR) is 75.7 cm³/mol. The van der Waals surface area contributed by atoms with E-state index in [4.69, 9.17) is 0 Å². The summed E-state index contributed by atoms with van der Waals surface area (Å²) in [6.07, 6.45) is 7.69. The minimum absolute atomic E-state index is 0.120. The van der Waals surface area contributed by atoms with Gasteiger partial charge in [-0.05, 0) is 38.1 Å². The molecule has 3 nitrogen and oxygen atoms in total. The van der Waals surface area contributed by atoms with Gasteiger partial charge >= 0.3 is 0 Å². The fraction of sp³-hybridized carbons (Fsp3) is 1.00. The van der Waals surface area contributed by atoms with Gasteiger partial charge in [0.2, 0.25) is 0 Å². The first-order valence-corrected chi connectivity index (χ1v) is 7.80. The lowest BCUT2D eigenvalue weighted by Gasteiger charge is -2.31. The minimum atomic E-state index is -0.120. The number of hydrogen-bond donors (Lipinski definition) is 2. The highest BCUT2D eigenvalue weighted by molar-refractivity contribution is 4.87. The van der Waals surface area contributed by atoms with E-state index in [0.717, 1.165) is 31.5 Å². The molecule has 18 heavy (non-hydrogen) atoms. The van der Waals surface area contributed by atoms with Gasteiger partial charge in [0.25, 0.3) is 0 Å². The van der Waals surface area contributed by atoms with Crippen LogP contribution in [0.1, 0.15) is 52.4 Å². The molecule has 0 amide bonds. The lowest BCUT2D eigenvalue weighted by atomic mass is 10.1. The lowest BCUT2D eigenvalue weighted by molar-refractivity contribution is 0.161. The molecule has 0 aromatic heterocycles. The smallest absolute Gasteiger partial charge is 0.0680 e. The van der Waals surface area contributed by atoms with Crippen LogP contribution in [0, 0.1) is 5.92 Å². The maximum atomic E-state index is 9.61. The molecular formula is C15H30N2O. The standard InChI is InChI=1S/C15H30N2O/c1-12(2)7-8-17(14-5-3-4-6-14)11-13-9-15(18)10-16-13/h12-16,18H,3-11H2,1-2H3. The zero-order valence-electron chi connectivity index (χ0n) is 12.1. The highest BCUT2D eigenvalue weighted by Gasteiger charge is 2.28. The number of hydrogen-bond acceptors (Lipinski definition) is 3. The summed E-state index contributed by atoms with van der Waals surface area (Å²) in [5, 5.41) is 13.1. The summed E-state index contributed by atoms with van der Waals surface area (Å²) < 4.78 is 0. The number of nitrogens with zero attached hydrogens (tertiary/aromatic N) is 1. The van der Waals surface area contributed by atoms with Crippen molar-refractivity contribution in [1.29, 1.82) is 0 Å². The van der Waals surface area contributed by atoms with Crippen molar-refractivity contribution in [3.63, 3.8) is 0 Å². The molecule has 0 bridgehead atoms. The molecule has 3 heteroatoms. The van der Waals surface area contributed by atoms with Crippen LogP contribution in [0.25, 0.3) is 0 Å². The Morgan fingerprint density at radius 1 is 1.28 bits per heavy atom. The third-order valence-electron chi connectivity index (χ3n) is 4.49. The van der Waals surface area contributed by atoms with Gasteiger partial charge in [-0.1, -0.05) is 26.7 Å². The molecule has 0 radical (unpaired) electrons. The molecule has 0 spiro atoms. The summed E-state index contributed by atoms with van der Waals surface area (Å²) in [5.74, 6) is 0.788. The SMILES string of the molecule is CC(C)CCN(CC1CC(O)CN1)C1CCCC1. The maximum Gasteiger partial charge on any atom is 0.0680 e. The van der Waals surface area contributed by atoms with Gasteiger partial charge in [0.05, 0.1) is 6.10 Å². The molecule has 106 valence electrons. The Morgan fingerprint density at radius 2 is 2.00 bits per heavy atom. The van der Waals surface area contributed by atoms with Crippen molar-refractivity contribution in [2.75, 3.05) is 19.6 Å². The van der Waals surface area contributed by atoms with Crippen molar-refractivity contribution in [3.8, 4) is 0 Å². The van der Waals surface area contributed by atoms with Gasteiger partial charge < -0.3 is 10.4 Å². The molecule has 2 rings (SSSR count). The van der Waals surface area contributed by atoms with E-state index in [1.165, 1.54) is 38.6 Å². The molecule has 1 saturated carbocycles. The highest BCUT2D eigenvalue weighted by atomic mass is 16.3. The molecule has 0 aromatic rings. The topological polar surface area (TPSA) is 35.5 Å². The Hall–Kier alpha value is -0.120. The summed E-state index contributed by atoms with van der Waals surface area (Å²) in [7, 11) is 0. The van der Waals surface area contributed by atoms with Gasteiger partial charge in [-0.25, -0.2) is 0 Å². The third-order valence-corrected chi connectivity index (χ3v) is 4.49. The van der Waals surface area contributed by atoms with E-state index in [1.54, 1.807) is 0 Å². The number of nitrogens with one attached hydrogen (secondary N) is 1. The summed E-state index contributed by atoms with van der Waals surface area (Å²) in [6, 6.07) is 1.32. The van der Waals surface area contributed by atoms with Gasteiger partial charge in [-0.2, -0.15) is 0 Å². The average Bonchev–Trinajstić information content (AvgIpc) is 2.95. The predicted octanol–water partition coefficient (Wildman–Crippen LogP) is 2.00. The van der Waals surface area contributed by atoms with Gasteiger partial charge in [-0.15, -0.1) is 0 Å². The van der Waals surface area contributed by atoms with Gasteiger partial charge in [0.15, 0.2) is 0 Å². The van der Waals surface area contributed by atoms with Gasteiger partial charge in [0, 0.05) is 25.2 Å². The van der Waals surface area contributed by atoms with Crippen LogP contribution < -0.4 is 5.32 Å². The van der Waals surface area contributed by atoms with Crippen molar-refractivity contribution in [2.24, 2.45) is 5.92 Å². The molecule has 2 N–H and O–H groups in total. The van der Waals surface area contributed by atoms with Crippen LogP contribution in [-0.4, -0.2) is 47.8 Å². The van der Waals surface area contributed by atoms with E-state index in [0.29, 0.717) is 6.04 Å². The van der Waals surface area contributed by atoms with Crippen LogP contribution in [0.15, 0.2) is 0 Å². The number of aliphatic hydroxyl groups is 1. The van der Waals surface area contributed by atoms with E-state index in [-0.39, 0.29) is 6.10 Å². The summed E-state index contributed by atoms with van der Waals surface area (Å²) >= 11 is 0. The van der Waals surface area contributed by atoms with E-state index >= 15 is 0 Å². The van der Waals surface area contributed by atoms with E-state index in [2.05, 4.69) is 24.1 Å². The Kier molecular flexibility index (Phi) is 5.46. The van der Waals surface area contributed by atoms with Crippen LogP contribution >= 0.6 is 0 Å². The van der Waals surface area contributed by atoms with Crippen LogP contribution in [-0.2, 0) is 0 Å². The zero-order chi connectivity index (χ0) is 13.0. The molecule has 1 aliphatic carbocycles. The highest BCUT2D eigenvalue weighted by Crippen LogP contribution is 2.25. The zero-order valence-corrected chi connectivity index (χ0v) is 12.1. The normalized spacial score (nSPS) is 29.8. The van der Waals surface area contributed by atoms with Gasteiger partial charge in [0.1, 0.15) is 0 Å². The maximum absolute atomic E-state index is 9.61. The fourth-order valence-electron chi connectivity index (χ4n) is 3.34. The molecule has 1 heterocycles. The molecule has 2 fully saturated rings. The Bertz CT molecular complexity index is 239. The average molecular weight is 254 g/mol. The number of aliphatic hydroxyl groups excluding tert-OH is 1. The first-order valence-electron chi connectivity index (χ1n) is 7.80. The van der Waals surface area contributed by atoms with Crippen LogP contribution in [0.2, 0.25) is 0 Å². The third kappa shape index (κ3) is 4.22. The van der Waals surface area contributed by atoms with Crippen LogP contribution in [0.5, 0.6) is 0 Å². The minimum Gasteiger partial charge on any atom is -0.392 e. The fourth-order valence-corrected chi connectivity index (χ4v) is 3.34. The number of β-amino-alcohol motifs (C(OH)–C–C–N with tert-alkyl or cyclic N) is 1. The summed E-state index contributed by atoms with van der Waals surface area (Å²) in [6.45, 7) is 7.77. The van der Waals surface area contributed by atoms with Crippen molar-refractivity contribution < 1.29 is 5.11 Å². The number of rotatable bonds is 6. The van der Waals surface area contributed by atoms with Crippen molar-refractivity contribution in [1.82, 2.24) is 10.2 Å². The second kappa shape index (κ2) is 6.88. The molecule has 1 saturated heterocycles. The van der Waals surface area contributed by atoms with Crippen molar-refractivity contribution >= 4 is 0 Å². The Labute approximate surface area is 112 Å². The molecule has 2 aliphatic rings. The first kappa shape index (κ1) is 14.3. The van der Waals surface area contributed by atoms with Crippen LogP contribution in [0.4, 0.5) is 0 Å². The lowest BCUT2D eigenvalue weighted by Crippen LogP contribution is -2.43. The molecule has 2 atom stereocenters. The molecule has 2 unspecified atom stereocenters.